The van der Waals surface area contributed by atoms with Crippen LogP contribution in [-0.2, 0) is 11.9 Å². The largest absolute Gasteiger partial charge is 0.338 e. The van der Waals surface area contributed by atoms with Gasteiger partial charge in [0.2, 0.25) is 5.89 Å². The van der Waals surface area contributed by atoms with Crippen LogP contribution in [0.1, 0.15) is 11.6 Å². The fourth-order valence-corrected chi connectivity index (χ4v) is 1.34. The van der Waals surface area contributed by atoms with E-state index in [0.717, 1.165) is 5.69 Å². The van der Waals surface area contributed by atoms with Gasteiger partial charge in [-0.1, -0.05) is 26.3 Å². The van der Waals surface area contributed by atoms with E-state index in [1.165, 1.54) is 6.33 Å². The molecule has 7 heteroatoms. The molecule has 0 aromatic carbocycles. The first kappa shape index (κ1) is 8.36. The maximum absolute atomic E-state index is 4.84. The molecule has 0 amide bonds. The van der Waals surface area contributed by atoms with Crippen LogP contribution < -0.4 is 0 Å². The first-order chi connectivity index (χ1) is 6.40. The Morgan fingerprint density at radius 2 is 2.46 bits per heavy atom. The molecule has 0 aliphatic heterocycles. The topological polar surface area (TPSA) is 69.6 Å². The van der Waals surface area contributed by atoms with Gasteiger partial charge in [-0.2, -0.15) is 4.98 Å². The minimum absolute atomic E-state index is 0.459. The fraction of sp³-hybridized carbons (Fsp3) is 0.333. The van der Waals surface area contributed by atoms with Crippen molar-refractivity contribution in [1.29, 1.82) is 0 Å². The van der Waals surface area contributed by atoms with E-state index in [2.05, 4.69) is 36.4 Å². The van der Waals surface area contributed by atoms with E-state index in [4.69, 9.17) is 4.52 Å². The maximum Gasteiger partial charge on any atom is 0.248 e. The molecule has 2 aromatic rings. The molecule has 2 aromatic heterocycles. The zero-order valence-corrected chi connectivity index (χ0v) is 8.18. The zero-order chi connectivity index (χ0) is 9.10. The Morgan fingerprint density at radius 1 is 1.54 bits per heavy atom. The van der Waals surface area contributed by atoms with Gasteiger partial charge in [0.25, 0.3) is 0 Å². The normalized spacial score (nSPS) is 10.5. The lowest BCUT2D eigenvalue weighted by Gasteiger charge is -1.98. The third-order valence-corrected chi connectivity index (χ3v) is 2.10. The van der Waals surface area contributed by atoms with E-state index in [1.54, 1.807) is 10.9 Å². The second-order valence-corrected chi connectivity index (χ2v) is 2.91. The Hall–Kier alpha value is -1.24. The van der Waals surface area contributed by atoms with Gasteiger partial charge in [0.05, 0.1) is 11.9 Å². The van der Waals surface area contributed by atoms with Crippen LogP contribution >= 0.6 is 15.9 Å². The smallest absolute Gasteiger partial charge is 0.248 e. The molecule has 0 aliphatic carbocycles. The van der Waals surface area contributed by atoms with Gasteiger partial charge in [0.1, 0.15) is 6.54 Å². The van der Waals surface area contributed by atoms with Gasteiger partial charge in [0.15, 0.2) is 6.33 Å². The third-order valence-electron chi connectivity index (χ3n) is 1.53. The number of hydrogen-bond donors (Lipinski definition) is 0. The molecule has 6 nitrogen and oxygen atoms in total. The molecule has 0 atom stereocenters. The summed E-state index contributed by atoms with van der Waals surface area (Å²) in [6.45, 7) is 0.459. The summed E-state index contributed by atoms with van der Waals surface area (Å²) >= 11 is 3.32. The van der Waals surface area contributed by atoms with Crippen LogP contribution in [0.15, 0.2) is 17.0 Å². The van der Waals surface area contributed by atoms with Crippen molar-refractivity contribution in [2.24, 2.45) is 0 Å². The predicted molar refractivity (Wildman–Crippen MR) is 46.1 cm³/mol. The van der Waals surface area contributed by atoms with Gasteiger partial charge in [-0.15, -0.1) is 5.10 Å². The highest BCUT2D eigenvalue weighted by molar-refractivity contribution is 9.08. The fourth-order valence-electron chi connectivity index (χ4n) is 0.909. The van der Waals surface area contributed by atoms with Crippen molar-refractivity contribution < 1.29 is 4.52 Å². The summed E-state index contributed by atoms with van der Waals surface area (Å²) in [6, 6.07) is 0. The van der Waals surface area contributed by atoms with Gasteiger partial charge in [-0.25, -0.2) is 4.68 Å². The first-order valence-electron chi connectivity index (χ1n) is 3.59. The predicted octanol–water partition coefficient (Wildman–Crippen LogP) is 0.604. The van der Waals surface area contributed by atoms with Gasteiger partial charge in [-0.05, 0) is 0 Å². The molecule has 13 heavy (non-hydrogen) atoms. The average Bonchev–Trinajstić information content (AvgIpc) is 2.76. The van der Waals surface area contributed by atoms with E-state index in [1.807, 2.05) is 0 Å². The molecule has 0 spiro atoms. The Morgan fingerprint density at radius 3 is 3.15 bits per heavy atom. The van der Waals surface area contributed by atoms with Crippen LogP contribution in [0.3, 0.4) is 0 Å². The molecule has 2 rings (SSSR count). The maximum atomic E-state index is 4.84. The second-order valence-electron chi connectivity index (χ2n) is 2.35. The molecule has 68 valence electrons. The van der Waals surface area contributed by atoms with E-state index >= 15 is 0 Å². The second kappa shape index (κ2) is 3.65. The van der Waals surface area contributed by atoms with Gasteiger partial charge in [-0.3, -0.25) is 0 Å². The summed E-state index contributed by atoms with van der Waals surface area (Å²) in [5.41, 5.74) is 0.971. The quantitative estimate of drug-likeness (QED) is 0.739. The molecule has 0 aliphatic rings. The monoisotopic (exact) mass is 243 g/mol. The number of aromatic nitrogens is 5. The van der Waals surface area contributed by atoms with Crippen molar-refractivity contribution in [3.05, 3.63) is 24.1 Å². The summed E-state index contributed by atoms with van der Waals surface area (Å²) in [7, 11) is 0. The van der Waals surface area contributed by atoms with Crippen LogP contribution in [0.25, 0.3) is 0 Å². The molecule has 0 unspecified atom stereocenters. The van der Waals surface area contributed by atoms with Crippen molar-refractivity contribution in [2.45, 2.75) is 11.9 Å². The molecular weight excluding hydrogens is 238 g/mol. The summed E-state index contributed by atoms with van der Waals surface area (Å²) < 4.78 is 6.54. The lowest BCUT2D eigenvalue weighted by atomic mass is 10.5. The first-order valence-corrected chi connectivity index (χ1v) is 4.71. The van der Waals surface area contributed by atoms with Gasteiger partial charge in [0, 0.05) is 5.33 Å². The number of alkyl halides is 1. The van der Waals surface area contributed by atoms with Crippen molar-refractivity contribution in [1.82, 2.24) is 25.1 Å². The number of hydrogen-bond acceptors (Lipinski definition) is 5. The Labute approximate surface area is 82.1 Å². The summed E-state index contributed by atoms with van der Waals surface area (Å²) in [4.78, 5) is 3.88. The summed E-state index contributed by atoms with van der Waals surface area (Å²) in [5.74, 6) is 0.521. The zero-order valence-electron chi connectivity index (χ0n) is 6.59. The van der Waals surface area contributed by atoms with Crippen molar-refractivity contribution in [2.75, 3.05) is 0 Å². The van der Waals surface area contributed by atoms with Crippen LogP contribution in [0, 0.1) is 0 Å². The Kier molecular flexibility index (Phi) is 2.35. The molecule has 2 heterocycles. The highest BCUT2D eigenvalue weighted by Gasteiger charge is 2.05. The number of rotatable bonds is 3. The highest BCUT2D eigenvalue weighted by Crippen LogP contribution is 2.04. The molecule has 0 saturated heterocycles. The van der Waals surface area contributed by atoms with E-state index in [0.29, 0.717) is 17.8 Å². The van der Waals surface area contributed by atoms with E-state index in [9.17, 15) is 0 Å². The van der Waals surface area contributed by atoms with Crippen molar-refractivity contribution >= 4 is 15.9 Å². The molecular formula is C6H6BrN5O. The highest BCUT2D eigenvalue weighted by atomic mass is 79.9. The van der Waals surface area contributed by atoms with Crippen LogP contribution in [0.5, 0.6) is 0 Å². The van der Waals surface area contributed by atoms with Crippen LogP contribution in [0.4, 0.5) is 0 Å². The lowest BCUT2D eigenvalue weighted by Crippen LogP contribution is -2.05. The van der Waals surface area contributed by atoms with Crippen molar-refractivity contribution in [3.8, 4) is 0 Å². The lowest BCUT2D eigenvalue weighted by molar-refractivity contribution is 0.362. The summed E-state index contributed by atoms with van der Waals surface area (Å²) in [5, 5.41) is 11.8. The SMILES string of the molecule is BrCc1cnnn1Cc1ncno1. The van der Waals surface area contributed by atoms with E-state index < -0.39 is 0 Å². The third kappa shape index (κ3) is 1.74. The summed E-state index contributed by atoms with van der Waals surface area (Å²) in [6.07, 6.45) is 3.05. The van der Waals surface area contributed by atoms with E-state index in [-0.39, 0.29) is 0 Å². The van der Waals surface area contributed by atoms with Gasteiger partial charge >= 0.3 is 0 Å². The van der Waals surface area contributed by atoms with Crippen LogP contribution in [-0.4, -0.2) is 25.1 Å². The minimum Gasteiger partial charge on any atom is -0.338 e. The number of nitrogens with zero attached hydrogens (tertiary/aromatic N) is 5. The minimum atomic E-state index is 0.459. The van der Waals surface area contributed by atoms with Crippen LogP contribution in [0.2, 0.25) is 0 Å². The standard InChI is InChI=1S/C6H6BrN5O/c7-1-5-2-9-11-12(5)3-6-8-4-10-13-6/h2,4H,1,3H2. The van der Waals surface area contributed by atoms with Gasteiger partial charge < -0.3 is 4.52 Å². The number of halogens is 1. The molecule has 0 saturated carbocycles. The molecule has 0 bridgehead atoms. The Bertz CT molecular complexity index is 370. The van der Waals surface area contributed by atoms with Crippen molar-refractivity contribution in [3.63, 3.8) is 0 Å². The average molecular weight is 244 g/mol. The molecule has 0 N–H and O–H groups in total. The molecule has 0 radical (unpaired) electrons. The Balaban J connectivity index is 2.18. The molecule has 0 fully saturated rings.